The second-order valence-electron chi connectivity index (χ2n) is 4.01. The van der Waals surface area contributed by atoms with E-state index in [0.717, 1.165) is 25.6 Å². The summed E-state index contributed by atoms with van der Waals surface area (Å²) in [6.07, 6.45) is 0.939. The second kappa shape index (κ2) is 5.97. The van der Waals surface area contributed by atoms with Gasteiger partial charge in [0.2, 0.25) is 0 Å². The Morgan fingerprint density at radius 2 is 2.00 bits per heavy atom. The molecule has 0 radical (unpaired) electrons. The molecule has 2 aromatic carbocycles. The summed E-state index contributed by atoms with van der Waals surface area (Å²) in [6.45, 7) is 2.09. The number of benzene rings is 2. The predicted octanol–water partition coefficient (Wildman–Crippen LogP) is 4.85. The topological polar surface area (TPSA) is 17.1 Å². The van der Waals surface area contributed by atoms with Crippen molar-refractivity contribution in [2.75, 3.05) is 0 Å². The third-order valence-corrected chi connectivity index (χ3v) is 4.13. The average molecular weight is 415 g/mol. The fourth-order valence-electron chi connectivity index (χ4n) is 1.76. The highest BCUT2D eigenvalue weighted by molar-refractivity contribution is 14.1. The first-order valence-corrected chi connectivity index (χ1v) is 7.57. The summed E-state index contributed by atoms with van der Waals surface area (Å²) in [5.74, 6) is 0.0655. The van der Waals surface area contributed by atoms with Crippen molar-refractivity contribution >= 4 is 44.3 Å². The van der Waals surface area contributed by atoms with Crippen LogP contribution in [0.2, 0.25) is 0 Å². The Balaban J connectivity index is 2.44. The van der Waals surface area contributed by atoms with Crippen LogP contribution >= 0.6 is 38.5 Å². The van der Waals surface area contributed by atoms with E-state index in [1.165, 1.54) is 5.56 Å². The van der Waals surface area contributed by atoms with E-state index in [9.17, 15) is 4.79 Å². The quantitative estimate of drug-likeness (QED) is 0.518. The molecule has 0 unspecified atom stereocenters. The number of ketones is 1. The SMILES string of the molecule is CCc1cccc(C(=O)c2cc(I)ccc2Br)c1. The number of halogens is 2. The lowest BCUT2D eigenvalue weighted by Crippen LogP contribution is -2.03. The second-order valence-corrected chi connectivity index (χ2v) is 6.11. The molecule has 0 aliphatic heterocycles. The zero-order valence-electron chi connectivity index (χ0n) is 9.91. The molecule has 1 nitrogen and oxygen atoms in total. The number of carbonyl (C=O) groups is 1. The molecule has 92 valence electrons. The Kier molecular flexibility index (Phi) is 4.56. The van der Waals surface area contributed by atoms with Crippen LogP contribution in [0.1, 0.15) is 28.4 Å². The van der Waals surface area contributed by atoms with Crippen LogP contribution < -0.4 is 0 Å². The van der Waals surface area contributed by atoms with Crippen LogP contribution in [0.5, 0.6) is 0 Å². The van der Waals surface area contributed by atoms with Gasteiger partial charge in [0, 0.05) is 19.2 Å². The predicted molar refractivity (Wildman–Crippen MR) is 86.1 cm³/mol. The number of carbonyl (C=O) groups excluding carboxylic acids is 1. The van der Waals surface area contributed by atoms with Gasteiger partial charge in [-0.1, -0.05) is 41.1 Å². The zero-order chi connectivity index (χ0) is 13.1. The van der Waals surface area contributed by atoms with Gasteiger partial charge in [-0.05, 0) is 58.8 Å². The summed E-state index contributed by atoms with van der Waals surface area (Å²) in [4.78, 5) is 12.5. The summed E-state index contributed by atoms with van der Waals surface area (Å²) in [7, 11) is 0. The molecule has 2 aromatic rings. The van der Waals surface area contributed by atoms with Gasteiger partial charge in [0.15, 0.2) is 5.78 Å². The normalized spacial score (nSPS) is 10.4. The summed E-state index contributed by atoms with van der Waals surface area (Å²) in [5.41, 5.74) is 2.65. The average Bonchev–Trinajstić information content (AvgIpc) is 2.41. The molecule has 2 rings (SSSR count). The molecule has 0 aromatic heterocycles. The first kappa shape index (κ1) is 13.7. The third-order valence-electron chi connectivity index (χ3n) is 2.77. The first-order valence-electron chi connectivity index (χ1n) is 5.70. The maximum atomic E-state index is 12.5. The van der Waals surface area contributed by atoms with Gasteiger partial charge in [-0.2, -0.15) is 0 Å². The number of hydrogen-bond donors (Lipinski definition) is 0. The largest absolute Gasteiger partial charge is 0.289 e. The molecule has 0 heterocycles. The Hall–Kier alpha value is -0.680. The van der Waals surface area contributed by atoms with E-state index >= 15 is 0 Å². The first-order chi connectivity index (χ1) is 8.61. The molecule has 0 saturated heterocycles. The number of aryl methyl sites for hydroxylation is 1. The molecular weight excluding hydrogens is 403 g/mol. The van der Waals surface area contributed by atoms with E-state index < -0.39 is 0 Å². The van der Waals surface area contributed by atoms with Gasteiger partial charge in [-0.25, -0.2) is 0 Å². The number of hydrogen-bond acceptors (Lipinski definition) is 1. The Bertz CT molecular complexity index is 593. The number of rotatable bonds is 3. The summed E-state index contributed by atoms with van der Waals surface area (Å²) in [6, 6.07) is 13.6. The van der Waals surface area contributed by atoms with Gasteiger partial charge < -0.3 is 0 Å². The molecule has 18 heavy (non-hydrogen) atoms. The highest BCUT2D eigenvalue weighted by Crippen LogP contribution is 2.23. The molecule has 0 atom stereocenters. The fraction of sp³-hybridized carbons (Fsp3) is 0.133. The van der Waals surface area contributed by atoms with E-state index in [-0.39, 0.29) is 5.78 Å². The van der Waals surface area contributed by atoms with Crippen LogP contribution in [0.4, 0.5) is 0 Å². The minimum atomic E-state index is 0.0655. The maximum absolute atomic E-state index is 12.5. The van der Waals surface area contributed by atoms with E-state index in [2.05, 4.69) is 45.4 Å². The lowest BCUT2D eigenvalue weighted by molar-refractivity contribution is 0.103. The zero-order valence-corrected chi connectivity index (χ0v) is 13.7. The third kappa shape index (κ3) is 3.01. The summed E-state index contributed by atoms with van der Waals surface area (Å²) >= 11 is 5.66. The monoisotopic (exact) mass is 414 g/mol. The van der Waals surface area contributed by atoms with Crippen molar-refractivity contribution in [3.05, 3.63) is 67.2 Å². The van der Waals surface area contributed by atoms with Gasteiger partial charge in [-0.3, -0.25) is 4.79 Å². The summed E-state index contributed by atoms with van der Waals surface area (Å²) < 4.78 is 1.90. The van der Waals surface area contributed by atoms with Gasteiger partial charge in [0.1, 0.15) is 0 Å². The molecular formula is C15H12BrIO. The Morgan fingerprint density at radius 3 is 2.72 bits per heavy atom. The minimum absolute atomic E-state index is 0.0655. The Labute approximate surface area is 129 Å². The molecule has 0 bridgehead atoms. The van der Waals surface area contributed by atoms with Crippen LogP contribution in [0.25, 0.3) is 0 Å². The standard InChI is InChI=1S/C15H12BrIO/c1-2-10-4-3-5-11(8-10)15(18)13-9-12(17)6-7-14(13)16/h3-9H,2H2,1H3. The highest BCUT2D eigenvalue weighted by atomic mass is 127. The lowest BCUT2D eigenvalue weighted by atomic mass is 10.0. The van der Waals surface area contributed by atoms with E-state index in [1.807, 2.05) is 42.5 Å². The van der Waals surface area contributed by atoms with Crippen molar-refractivity contribution in [2.45, 2.75) is 13.3 Å². The minimum Gasteiger partial charge on any atom is -0.289 e. The molecule has 0 N–H and O–H groups in total. The maximum Gasteiger partial charge on any atom is 0.194 e. The van der Waals surface area contributed by atoms with Crippen LogP contribution in [-0.4, -0.2) is 5.78 Å². The van der Waals surface area contributed by atoms with E-state index in [0.29, 0.717) is 0 Å². The Morgan fingerprint density at radius 1 is 1.22 bits per heavy atom. The fourth-order valence-corrected chi connectivity index (χ4v) is 2.68. The van der Waals surface area contributed by atoms with Gasteiger partial charge >= 0.3 is 0 Å². The molecule has 3 heteroatoms. The van der Waals surface area contributed by atoms with Crippen molar-refractivity contribution in [1.82, 2.24) is 0 Å². The molecule has 0 saturated carbocycles. The van der Waals surface area contributed by atoms with Crippen molar-refractivity contribution in [2.24, 2.45) is 0 Å². The van der Waals surface area contributed by atoms with E-state index in [4.69, 9.17) is 0 Å². The van der Waals surface area contributed by atoms with Crippen molar-refractivity contribution in [3.8, 4) is 0 Å². The molecule has 0 amide bonds. The molecule has 0 aliphatic carbocycles. The van der Waals surface area contributed by atoms with Crippen LogP contribution in [0, 0.1) is 3.57 Å². The van der Waals surface area contributed by atoms with Crippen LogP contribution in [-0.2, 0) is 6.42 Å². The molecule has 0 fully saturated rings. The van der Waals surface area contributed by atoms with Crippen molar-refractivity contribution in [1.29, 1.82) is 0 Å². The van der Waals surface area contributed by atoms with Crippen LogP contribution in [0.15, 0.2) is 46.9 Å². The molecule has 0 aliphatic rings. The van der Waals surface area contributed by atoms with Crippen molar-refractivity contribution in [3.63, 3.8) is 0 Å². The van der Waals surface area contributed by atoms with Gasteiger partial charge in [0.05, 0.1) is 0 Å². The highest BCUT2D eigenvalue weighted by Gasteiger charge is 2.13. The molecule has 0 spiro atoms. The van der Waals surface area contributed by atoms with Crippen LogP contribution in [0.3, 0.4) is 0 Å². The van der Waals surface area contributed by atoms with Gasteiger partial charge in [0.25, 0.3) is 0 Å². The van der Waals surface area contributed by atoms with Gasteiger partial charge in [-0.15, -0.1) is 0 Å². The van der Waals surface area contributed by atoms with Crippen molar-refractivity contribution < 1.29 is 4.79 Å². The van der Waals surface area contributed by atoms with E-state index in [1.54, 1.807) is 0 Å². The smallest absolute Gasteiger partial charge is 0.194 e. The lowest BCUT2D eigenvalue weighted by Gasteiger charge is -2.06. The summed E-state index contributed by atoms with van der Waals surface area (Å²) in [5, 5.41) is 0.